The smallest absolute Gasteiger partial charge is 0.0998 e. The van der Waals surface area contributed by atoms with Crippen LogP contribution < -0.4 is 0 Å². The Balaban J connectivity index is 2.42. The number of nitriles is 1. The highest BCUT2D eigenvalue weighted by Crippen LogP contribution is 2.21. The van der Waals surface area contributed by atoms with Gasteiger partial charge in [0.05, 0.1) is 24.8 Å². The van der Waals surface area contributed by atoms with Gasteiger partial charge in [0, 0.05) is 0 Å². The Morgan fingerprint density at radius 2 is 1.55 bits per heavy atom. The van der Waals surface area contributed by atoms with Crippen LogP contribution >= 0.6 is 0 Å². The number of nitrogens with zero attached hydrogens (tertiary/aromatic N) is 1. The number of aliphatic hydroxyl groups excluding tert-OH is 2. The number of rotatable bonds is 5. The third-order valence-electron chi connectivity index (χ3n) is 3.81. The van der Waals surface area contributed by atoms with Crippen LogP contribution in [0.4, 0.5) is 0 Å². The van der Waals surface area contributed by atoms with E-state index in [1.807, 2.05) is 38.1 Å². The zero-order chi connectivity index (χ0) is 16.1. The molecule has 2 rings (SSSR count). The Hall–Kier alpha value is -2.15. The molecule has 0 spiro atoms. The second-order valence-electron chi connectivity index (χ2n) is 5.57. The average molecular weight is 295 g/mol. The first-order valence-corrected chi connectivity index (χ1v) is 7.47. The highest BCUT2D eigenvalue weighted by atomic mass is 16.3. The lowest BCUT2D eigenvalue weighted by Crippen LogP contribution is -2.00. The van der Waals surface area contributed by atoms with Crippen molar-refractivity contribution in [2.24, 2.45) is 0 Å². The molecular formula is C19H21NO2. The maximum absolute atomic E-state index is 9.50. The SMILES string of the molecule is CCc1cc(Cc2cc(C)cc(CO)c2)cc(CO)c1C#N. The molecule has 2 N–H and O–H groups in total. The van der Waals surface area contributed by atoms with E-state index in [-0.39, 0.29) is 13.2 Å². The maximum atomic E-state index is 9.50. The lowest BCUT2D eigenvalue weighted by Gasteiger charge is -2.12. The molecule has 2 aromatic carbocycles. The monoisotopic (exact) mass is 295 g/mol. The van der Waals surface area contributed by atoms with E-state index in [0.29, 0.717) is 11.1 Å². The summed E-state index contributed by atoms with van der Waals surface area (Å²) in [7, 11) is 0. The fourth-order valence-electron chi connectivity index (χ4n) is 2.87. The molecule has 0 aliphatic heterocycles. The van der Waals surface area contributed by atoms with Crippen LogP contribution in [0.3, 0.4) is 0 Å². The minimum atomic E-state index is -0.126. The molecule has 0 radical (unpaired) electrons. The van der Waals surface area contributed by atoms with E-state index in [0.717, 1.165) is 40.7 Å². The lowest BCUT2D eigenvalue weighted by atomic mass is 9.93. The van der Waals surface area contributed by atoms with Crippen LogP contribution in [0.15, 0.2) is 30.3 Å². The largest absolute Gasteiger partial charge is 0.392 e. The van der Waals surface area contributed by atoms with E-state index in [2.05, 4.69) is 12.1 Å². The van der Waals surface area contributed by atoms with Crippen LogP contribution in [0.2, 0.25) is 0 Å². The van der Waals surface area contributed by atoms with E-state index in [4.69, 9.17) is 0 Å². The molecule has 3 nitrogen and oxygen atoms in total. The summed E-state index contributed by atoms with van der Waals surface area (Å²) in [5.41, 5.74) is 6.48. The van der Waals surface area contributed by atoms with Crippen molar-refractivity contribution in [3.8, 4) is 6.07 Å². The Morgan fingerprint density at radius 3 is 2.14 bits per heavy atom. The molecule has 0 aromatic heterocycles. The van der Waals surface area contributed by atoms with Crippen LogP contribution in [0.5, 0.6) is 0 Å². The second kappa shape index (κ2) is 7.22. The highest BCUT2D eigenvalue weighted by Gasteiger charge is 2.10. The van der Waals surface area contributed by atoms with E-state index in [9.17, 15) is 15.5 Å². The summed E-state index contributed by atoms with van der Waals surface area (Å²) in [6, 6.07) is 12.2. The molecule has 22 heavy (non-hydrogen) atoms. The predicted molar refractivity (Wildman–Crippen MR) is 86.4 cm³/mol. The lowest BCUT2D eigenvalue weighted by molar-refractivity contribution is 0.281. The molecular weight excluding hydrogens is 274 g/mol. The Bertz CT molecular complexity index is 689. The molecule has 0 atom stereocenters. The zero-order valence-electron chi connectivity index (χ0n) is 13.1. The first-order chi connectivity index (χ1) is 10.6. The van der Waals surface area contributed by atoms with Crippen LogP contribution in [0, 0.1) is 18.3 Å². The Morgan fingerprint density at radius 1 is 0.909 bits per heavy atom. The summed E-state index contributed by atoms with van der Waals surface area (Å²) in [5, 5.41) is 28.1. The van der Waals surface area contributed by atoms with Gasteiger partial charge in [-0.3, -0.25) is 0 Å². The predicted octanol–water partition coefficient (Wildman–Crippen LogP) is 3.00. The normalized spacial score (nSPS) is 10.5. The number of benzene rings is 2. The summed E-state index contributed by atoms with van der Waals surface area (Å²) in [6.45, 7) is 3.93. The van der Waals surface area contributed by atoms with Crippen LogP contribution in [-0.4, -0.2) is 10.2 Å². The third kappa shape index (κ3) is 3.54. The summed E-state index contributed by atoms with van der Waals surface area (Å²) in [5.74, 6) is 0. The summed E-state index contributed by atoms with van der Waals surface area (Å²) < 4.78 is 0. The number of aryl methyl sites for hydroxylation is 2. The molecule has 0 saturated carbocycles. The van der Waals surface area contributed by atoms with Gasteiger partial charge in [-0.05, 0) is 47.6 Å². The van der Waals surface area contributed by atoms with Crippen LogP contribution in [-0.2, 0) is 26.1 Å². The van der Waals surface area contributed by atoms with Gasteiger partial charge in [0.2, 0.25) is 0 Å². The van der Waals surface area contributed by atoms with Crippen LogP contribution in [0.1, 0.15) is 45.9 Å². The molecule has 114 valence electrons. The molecule has 0 unspecified atom stereocenters. The van der Waals surface area contributed by atoms with Gasteiger partial charge in [-0.2, -0.15) is 5.26 Å². The van der Waals surface area contributed by atoms with Crippen molar-refractivity contribution in [3.05, 3.63) is 69.3 Å². The molecule has 0 aliphatic carbocycles. The van der Waals surface area contributed by atoms with E-state index < -0.39 is 0 Å². The first kappa shape index (κ1) is 16.2. The van der Waals surface area contributed by atoms with Crippen molar-refractivity contribution in [2.75, 3.05) is 0 Å². The molecule has 0 bridgehead atoms. The molecule has 2 aromatic rings. The van der Waals surface area contributed by atoms with Gasteiger partial charge in [-0.15, -0.1) is 0 Å². The molecule has 3 heteroatoms. The molecule has 0 fully saturated rings. The topological polar surface area (TPSA) is 64.2 Å². The van der Waals surface area contributed by atoms with E-state index >= 15 is 0 Å². The number of hydrogen-bond donors (Lipinski definition) is 2. The van der Waals surface area contributed by atoms with Crippen LogP contribution in [0.25, 0.3) is 0 Å². The van der Waals surface area contributed by atoms with Gasteiger partial charge in [-0.25, -0.2) is 0 Å². The fraction of sp³-hybridized carbons (Fsp3) is 0.316. The van der Waals surface area contributed by atoms with Gasteiger partial charge in [-0.1, -0.05) is 42.8 Å². The molecule has 0 aliphatic rings. The van der Waals surface area contributed by atoms with Crippen molar-refractivity contribution in [2.45, 2.75) is 39.9 Å². The number of hydrogen-bond acceptors (Lipinski definition) is 3. The summed E-state index contributed by atoms with van der Waals surface area (Å²) in [6.07, 6.45) is 1.49. The molecule has 0 amide bonds. The van der Waals surface area contributed by atoms with E-state index in [1.54, 1.807) is 0 Å². The zero-order valence-corrected chi connectivity index (χ0v) is 13.1. The van der Waals surface area contributed by atoms with Gasteiger partial charge in [0.1, 0.15) is 0 Å². The van der Waals surface area contributed by atoms with Crippen molar-refractivity contribution in [1.82, 2.24) is 0 Å². The minimum Gasteiger partial charge on any atom is -0.392 e. The maximum Gasteiger partial charge on any atom is 0.0998 e. The highest BCUT2D eigenvalue weighted by molar-refractivity contribution is 5.48. The third-order valence-corrected chi connectivity index (χ3v) is 3.81. The van der Waals surface area contributed by atoms with Gasteiger partial charge < -0.3 is 10.2 Å². The van der Waals surface area contributed by atoms with Gasteiger partial charge in [0.15, 0.2) is 0 Å². The Kier molecular flexibility index (Phi) is 5.32. The molecule has 0 saturated heterocycles. The number of aliphatic hydroxyl groups is 2. The van der Waals surface area contributed by atoms with Crippen molar-refractivity contribution in [1.29, 1.82) is 5.26 Å². The summed E-state index contributed by atoms with van der Waals surface area (Å²) in [4.78, 5) is 0. The van der Waals surface area contributed by atoms with Crippen molar-refractivity contribution < 1.29 is 10.2 Å². The van der Waals surface area contributed by atoms with Crippen molar-refractivity contribution >= 4 is 0 Å². The van der Waals surface area contributed by atoms with Gasteiger partial charge in [0.25, 0.3) is 0 Å². The minimum absolute atomic E-state index is 0.0319. The quantitative estimate of drug-likeness (QED) is 0.891. The molecule has 0 heterocycles. The van der Waals surface area contributed by atoms with E-state index in [1.165, 1.54) is 0 Å². The van der Waals surface area contributed by atoms with Crippen molar-refractivity contribution in [3.63, 3.8) is 0 Å². The standard InChI is InChI=1S/C19H21NO2/c1-3-17-8-15(9-18(12-22)19(17)10-20)6-14-4-13(2)5-16(7-14)11-21/h4-5,7-9,21-22H,3,6,11-12H2,1-2H3. The average Bonchev–Trinajstić information content (AvgIpc) is 2.53. The summed E-state index contributed by atoms with van der Waals surface area (Å²) >= 11 is 0. The fourth-order valence-corrected chi connectivity index (χ4v) is 2.87. The van der Waals surface area contributed by atoms with Gasteiger partial charge >= 0.3 is 0 Å². The Labute approximate surface area is 131 Å². The second-order valence-corrected chi connectivity index (χ2v) is 5.57. The first-order valence-electron chi connectivity index (χ1n) is 7.47.